The molecule has 0 bridgehead atoms. The highest BCUT2D eigenvalue weighted by molar-refractivity contribution is 5.30. The highest BCUT2D eigenvalue weighted by Crippen LogP contribution is 2.11. The number of hydrogen-bond donors (Lipinski definition) is 2. The number of piperidine rings is 1. The normalized spacial score (nSPS) is 17.3. The van der Waals surface area contributed by atoms with E-state index in [2.05, 4.69) is 42.7 Å². The second kappa shape index (κ2) is 6.18. The van der Waals surface area contributed by atoms with Gasteiger partial charge in [0.1, 0.15) is 0 Å². The first kappa shape index (κ1) is 12.6. The molecule has 0 aromatic heterocycles. The van der Waals surface area contributed by atoms with Crippen LogP contribution in [0.2, 0.25) is 0 Å². The lowest BCUT2D eigenvalue weighted by atomic mass is 10.0. The molecule has 94 valence electrons. The van der Waals surface area contributed by atoms with Crippen molar-refractivity contribution in [3.05, 3.63) is 34.9 Å². The van der Waals surface area contributed by atoms with Crippen LogP contribution >= 0.6 is 0 Å². The highest BCUT2D eigenvalue weighted by atomic mass is 15.0. The summed E-state index contributed by atoms with van der Waals surface area (Å²) in [6.45, 7) is 7.82. The first-order chi connectivity index (χ1) is 8.25. The molecule has 0 amide bonds. The van der Waals surface area contributed by atoms with E-state index in [4.69, 9.17) is 0 Å². The lowest BCUT2D eigenvalue weighted by Gasteiger charge is -2.23. The summed E-state index contributed by atoms with van der Waals surface area (Å²) < 4.78 is 0. The monoisotopic (exact) mass is 232 g/mol. The fourth-order valence-electron chi connectivity index (χ4n) is 2.51. The third-order valence-corrected chi connectivity index (χ3v) is 3.67. The van der Waals surface area contributed by atoms with Gasteiger partial charge >= 0.3 is 0 Å². The van der Waals surface area contributed by atoms with Crippen LogP contribution in [0, 0.1) is 13.8 Å². The summed E-state index contributed by atoms with van der Waals surface area (Å²) >= 11 is 0. The molecule has 1 aromatic carbocycles. The van der Waals surface area contributed by atoms with Crippen LogP contribution in [-0.2, 0) is 6.42 Å². The van der Waals surface area contributed by atoms with E-state index < -0.39 is 0 Å². The zero-order valence-corrected chi connectivity index (χ0v) is 11.1. The number of aryl methyl sites for hydroxylation is 2. The van der Waals surface area contributed by atoms with Crippen molar-refractivity contribution in [2.75, 3.05) is 19.6 Å². The molecule has 0 spiro atoms. The summed E-state index contributed by atoms with van der Waals surface area (Å²) in [4.78, 5) is 0. The van der Waals surface area contributed by atoms with Crippen molar-refractivity contribution >= 4 is 0 Å². The van der Waals surface area contributed by atoms with Gasteiger partial charge in [-0.25, -0.2) is 0 Å². The zero-order chi connectivity index (χ0) is 12.1. The van der Waals surface area contributed by atoms with E-state index in [-0.39, 0.29) is 0 Å². The average molecular weight is 232 g/mol. The largest absolute Gasteiger partial charge is 0.317 e. The number of rotatable bonds is 4. The minimum absolute atomic E-state index is 0.723. The Kier molecular flexibility index (Phi) is 4.57. The molecule has 1 fully saturated rings. The van der Waals surface area contributed by atoms with Crippen molar-refractivity contribution in [3.63, 3.8) is 0 Å². The Morgan fingerprint density at radius 1 is 1.24 bits per heavy atom. The fraction of sp³-hybridized carbons (Fsp3) is 0.600. The van der Waals surface area contributed by atoms with Gasteiger partial charge in [-0.3, -0.25) is 0 Å². The van der Waals surface area contributed by atoms with Crippen molar-refractivity contribution in [3.8, 4) is 0 Å². The van der Waals surface area contributed by atoms with Crippen LogP contribution in [0.25, 0.3) is 0 Å². The Labute approximate surface area is 105 Å². The Morgan fingerprint density at radius 2 is 2.00 bits per heavy atom. The van der Waals surface area contributed by atoms with Crippen molar-refractivity contribution in [1.82, 2.24) is 10.6 Å². The van der Waals surface area contributed by atoms with Crippen LogP contribution in [0.1, 0.15) is 29.5 Å². The number of benzene rings is 1. The van der Waals surface area contributed by atoms with Gasteiger partial charge in [0.15, 0.2) is 0 Å². The van der Waals surface area contributed by atoms with E-state index in [1.807, 2.05) is 0 Å². The fourth-order valence-corrected chi connectivity index (χ4v) is 2.51. The Balaban J connectivity index is 1.79. The maximum absolute atomic E-state index is 3.68. The first-order valence-electron chi connectivity index (χ1n) is 6.76. The summed E-state index contributed by atoms with van der Waals surface area (Å²) in [5.41, 5.74) is 4.28. The van der Waals surface area contributed by atoms with Crippen molar-refractivity contribution in [1.29, 1.82) is 0 Å². The van der Waals surface area contributed by atoms with E-state index in [1.54, 1.807) is 0 Å². The maximum Gasteiger partial charge on any atom is 0.00913 e. The van der Waals surface area contributed by atoms with Gasteiger partial charge in [0.05, 0.1) is 0 Å². The molecule has 0 atom stereocenters. The van der Waals surface area contributed by atoms with E-state index in [0.29, 0.717) is 0 Å². The van der Waals surface area contributed by atoms with Gasteiger partial charge in [0.25, 0.3) is 0 Å². The van der Waals surface area contributed by atoms with E-state index in [0.717, 1.165) is 19.0 Å². The summed E-state index contributed by atoms with van der Waals surface area (Å²) in [7, 11) is 0. The molecule has 0 aliphatic carbocycles. The molecule has 0 saturated carbocycles. The maximum atomic E-state index is 3.68. The lowest BCUT2D eigenvalue weighted by molar-refractivity contribution is 0.389. The van der Waals surface area contributed by atoms with Crippen molar-refractivity contribution in [2.24, 2.45) is 0 Å². The standard InChI is InChI=1S/C15H24N2/c1-12-3-4-13(2)14(11-12)5-10-17-15-6-8-16-9-7-15/h3-4,11,15-17H,5-10H2,1-2H3. The SMILES string of the molecule is Cc1ccc(C)c(CCNC2CCNCC2)c1. The molecule has 1 saturated heterocycles. The second-order valence-corrected chi connectivity index (χ2v) is 5.16. The van der Waals surface area contributed by atoms with Crippen LogP contribution in [0.3, 0.4) is 0 Å². The molecule has 1 aliphatic heterocycles. The van der Waals surface area contributed by atoms with Crippen molar-refractivity contribution < 1.29 is 0 Å². The summed E-state index contributed by atoms with van der Waals surface area (Å²) in [5, 5.41) is 7.08. The third kappa shape index (κ3) is 3.83. The molecule has 2 heteroatoms. The van der Waals surface area contributed by atoms with E-state index in [1.165, 1.54) is 42.6 Å². The predicted molar refractivity (Wildman–Crippen MR) is 73.5 cm³/mol. The topological polar surface area (TPSA) is 24.1 Å². The molecular weight excluding hydrogens is 208 g/mol. The predicted octanol–water partition coefficient (Wildman–Crippen LogP) is 2.19. The smallest absolute Gasteiger partial charge is 0.00913 e. The minimum Gasteiger partial charge on any atom is -0.317 e. The first-order valence-corrected chi connectivity index (χ1v) is 6.76. The lowest BCUT2D eigenvalue weighted by Crippen LogP contribution is -2.40. The van der Waals surface area contributed by atoms with Gasteiger partial charge in [0.2, 0.25) is 0 Å². The Morgan fingerprint density at radius 3 is 2.76 bits per heavy atom. The number of hydrogen-bond acceptors (Lipinski definition) is 2. The van der Waals surface area contributed by atoms with Crippen LogP contribution in [0.4, 0.5) is 0 Å². The molecular formula is C15H24N2. The molecule has 0 radical (unpaired) electrons. The molecule has 0 unspecified atom stereocenters. The zero-order valence-electron chi connectivity index (χ0n) is 11.1. The molecule has 2 nitrogen and oxygen atoms in total. The highest BCUT2D eigenvalue weighted by Gasteiger charge is 2.11. The summed E-state index contributed by atoms with van der Waals surface area (Å²) in [6, 6.07) is 7.47. The molecule has 1 aliphatic rings. The van der Waals surface area contributed by atoms with Crippen LogP contribution < -0.4 is 10.6 Å². The van der Waals surface area contributed by atoms with E-state index in [9.17, 15) is 0 Å². The van der Waals surface area contributed by atoms with Crippen molar-refractivity contribution in [2.45, 2.75) is 39.2 Å². The van der Waals surface area contributed by atoms with Gasteiger partial charge in [-0.2, -0.15) is 0 Å². The van der Waals surface area contributed by atoms with Crippen LogP contribution in [-0.4, -0.2) is 25.7 Å². The van der Waals surface area contributed by atoms with Gasteiger partial charge in [-0.05, 0) is 63.9 Å². The summed E-state index contributed by atoms with van der Waals surface area (Å²) in [5.74, 6) is 0. The van der Waals surface area contributed by atoms with Gasteiger partial charge in [-0.1, -0.05) is 23.8 Å². The van der Waals surface area contributed by atoms with Gasteiger partial charge in [-0.15, -0.1) is 0 Å². The molecule has 2 N–H and O–H groups in total. The van der Waals surface area contributed by atoms with Gasteiger partial charge in [0, 0.05) is 6.04 Å². The van der Waals surface area contributed by atoms with Crippen LogP contribution in [0.5, 0.6) is 0 Å². The quantitative estimate of drug-likeness (QED) is 0.831. The Bertz CT molecular complexity index is 354. The molecule has 2 rings (SSSR count). The minimum atomic E-state index is 0.723. The third-order valence-electron chi connectivity index (χ3n) is 3.67. The van der Waals surface area contributed by atoms with E-state index >= 15 is 0 Å². The molecule has 1 heterocycles. The summed E-state index contributed by atoms with van der Waals surface area (Å²) in [6.07, 6.45) is 3.69. The molecule has 1 aromatic rings. The van der Waals surface area contributed by atoms with Crippen LogP contribution in [0.15, 0.2) is 18.2 Å². The average Bonchev–Trinajstić information content (AvgIpc) is 2.35. The second-order valence-electron chi connectivity index (χ2n) is 5.16. The Hall–Kier alpha value is -0.860. The van der Waals surface area contributed by atoms with Gasteiger partial charge < -0.3 is 10.6 Å². The number of nitrogens with one attached hydrogen (secondary N) is 2. The molecule has 17 heavy (non-hydrogen) atoms.